The summed E-state index contributed by atoms with van der Waals surface area (Å²) in [6.45, 7) is 0.824. The summed E-state index contributed by atoms with van der Waals surface area (Å²) >= 11 is 0. The standard InChI is InChI=1S/C16H23N3O4/c20-13(4-8-19-9-5-14(21)18-15(19)22)17-12-10-16(23-11-12)6-2-1-3-7-16/h5,9,12H,1-4,6-8,10-11H2,(H,17,20)(H,18,21,22). The average Bonchev–Trinajstić information content (AvgIpc) is 2.89. The molecule has 1 atom stereocenters. The number of aryl methyl sites for hydroxylation is 1. The van der Waals surface area contributed by atoms with Crippen LogP contribution in [-0.4, -0.2) is 33.7 Å². The van der Waals surface area contributed by atoms with E-state index in [0.29, 0.717) is 6.61 Å². The van der Waals surface area contributed by atoms with Crippen molar-refractivity contribution < 1.29 is 9.53 Å². The number of carbonyl (C=O) groups is 1. The number of amides is 1. The van der Waals surface area contributed by atoms with Crippen LogP contribution >= 0.6 is 0 Å². The highest BCUT2D eigenvalue weighted by Gasteiger charge is 2.41. The van der Waals surface area contributed by atoms with Crippen LogP contribution in [0, 0.1) is 0 Å². The molecule has 1 saturated heterocycles. The normalized spacial score (nSPS) is 23.0. The molecular weight excluding hydrogens is 298 g/mol. The van der Waals surface area contributed by atoms with Gasteiger partial charge in [0.15, 0.2) is 0 Å². The van der Waals surface area contributed by atoms with Gasteiger partial charge in [-0.3, -0.25) is 14.6 Å². The van der Waals surface area contributed by atoms with Crippen molar-refractivity contribution in [2.75, 3.05) is 6.61 Å². The second-order valence-corrected chi connectivity index (χ2v) is 6.58. The number of aromatic nitrogens is 2. The van der Waals surface area contributed by atoms with Crippen molar-refractivity contribution in [1.82, 2.24) is 14.9 Å². The molecule has 0 aromatic carbocycles. The molecule has 1 unspecified atom stereocenters. The number of H-pyrrole nitrogens is 1. The third kappa shape index (κ3) is 3.90. The third-order valence-electron chi connectivity index (χ3n) is 4.82. The van der Waals surface area contributed by atoms with Gasteiger partial charge >= 0.3 is 5.69 Å². The Kier molecular flexibility index (Phi) is 4.66. The van der Waals surface area contributed by atoms with Crippen molar-refractivity contribution >= 4 is 5.91 Å². The van der Waals surface area contributed by atoms with Crippen molar-refractivity contribution in [3.05, 3.63) is 33.1 Å². The maximum atomic E-state index is 12.1. The Bertz CT molecular complexity index is 672. The summed E-state index contributed by atoms with van der Waals surface area (Å²) in [4.78, 5) is 36.8. The van der Waals surface area contributed by atoms with Crippen LogP contribution in [-0.2, 0) is 16.1 Å². The minimum atomic E-state index is -0.490. The van der Waals surface area contributed by atoms with E-state index in [-0.39, 0.29) is 30.5 Å². The van der Waals surface area contributed by atoms with Gasteiger partial charge in [0, 0.05) is 25.2 Å². The van der Waals surface area contributed by atoms with Gasteiger partial charge in [0.25, 0.3) is 5.56 Å². The average molecular weight is 321 g/mol. The molecule has 1 spiro atoms. The second kappa shape index (κ2) is 6.70. The highest BCUT2D eigenvalue weighted by Crippen LogP contribution is 2.39. The number of hydrogen-bond acceptors (Lipinski definition) is 4. The zero-order valence-corrected chi connectivity index (χ0v) is 13.2. The zero-order chi connectivity index (χ0) is 16.3. The summed E-state index contributed by atoms with van der Waals surface area (Å²) < 4.78 is 7.31. The molecule has 1 aromatic rings. The Morgan fingerprint density at radius 2 is 2.13 bits per heavy atom. The van der Waals surface area contributed by atoms with Crippen molar-refractivity contribution in [2.45, 2.75) is 63.1 Å². The van der Waals surface area contributed by atoms with E-state index in [0.717, 1.165) is 19.3 Å². The first-order chi connectivity index (χ1) is 11.1. The number of hydrogen-bond donors (Lipinski definition) is 2. The maximum absolute atomic E-state index is 12.1. The van der Waals surface area contributed by atoms with E-state index in [2.05, 4.69) is 10.3 Å². The van der Waals surface area contributed by atoms with Gasteiger partial charge in [0.05, 0.1) is 18.2 Å². The summed E-state index contributed by atoms with van der Waals surface area (Å²) in [5.74, 6) is -0.0930. The highest BCUT2D eigenvalue weighted by atomic mass is 16.5. The van der Waals surface area contributed by atoms with Crippen LogP contribution in [0.3, 0.4) is 0 Å². The summed E-state index contributed by atoms with van der Waals surface area (Å²) in [6, 6.07) is 1.34. The van der Waals surface area contributed by atoms with E-state index in [4.69, 9.17) is 4.74 Å². The molecule has 7 heteroatoms. The molecule has 1 aliphatic heterocycles. The first kappa shape index (κ1) is 16.0. The summed E-state index contributed by atoms with van der Waals surface area (Å²) in [5, 5.41) is 3.00. The molecule has 0 bridgehead atoms. The lowest BCUT2D eigenvalue weighted by Crippen LogP contribution is -2.38. The van der Waals surface area contributed by atoms with E-state index in [1.54, 1.807) is 0 Å². The van der Waals surface area contributed by atoms with Crippen molar-refractivity contribution in [1.29, 1.82) is 0 Å². The molecule has 23 heavy (non-hydrogen) atoms. The molecule has 1 aromatic heterocycles. The minimum Gasteiger partial charge on any atom is -0.373 e. The molecule has 2 N–H and O–H groups in total. The van der Waals surface area contributed by atoms with Crippen LogP contribution in [0.15, 0.2) is 21.9 Å². The van der Waals surface area contributed by atoms with Crippen LogP contribution < -0.4 is 16.6 Å². The Balaban J connectivity index is 1.48. The molecule has 3 rings (SSSR count). The van der Waals surface area contributed by atoms with Crippen molar-refractivity contribution in [2.24, 2.45) is 0 Å². The largest absolute Gasteiger partial charge is 0.373 e. The molecule has 7 nitrogen and oxygen atoms in total. The third-order valence-corrected chi connectivity index (χ3v) is 4.82. The number of ether oxygens (including phenoxy) is 1. The summed E-state index contributed by atoms with van der Waals surface area (Å²) in [6.07, 6.45) is 8.36. The predicted molar refractivity (Wildman–Crippen MR) is 84.3 cm³/mol. The zero-order valence-electron chi connectivity index (χ0n) is 13.2. The number of nitrogens with one attached hydrogen (secondary N) is 2. The maximum Gasteiger partial charge on any atom is 0.328 e. The number of carbonyl (C=O) groups excluding carboxylic acids is 1. The fourth-order valence-corrected chi connectivity index (χ4v) is 3.62. The van der Waals surface area contributed by atoms with Gasteiger partial charge in [0.2, 0.25) is 5.91 Å². The Labute approximate surface area is 134 Å². The lowest BCUT2D eigenvalue weighted by atomic mass is 9.82. The number of aromatic amines is 1. The van der Waals surface area contributed by atoms with E-state index < -0.39 is 11.2 Å². The van der Waals surface area contributed by atoms with E-state index >= 15 is 0 Å². The smallest absolute Gasteiger partial charge is 0.328 e. The van der Waals surface area contributed by atoms with Crippen LogP contribution in [0.4, 0.5) is 0 Å². The summed E-state index contributed by atoms with van der Waals surface area (Å²) in [7, 11) is 0. The fraction of sp³-hybridized carbons (Fsp3) is 0.688. The Morgan fingerprint density at radius 3 is 2.87 bits per heavy atom. The topological polar surface area (TPSA) is 93.2 Å². The molecule has 0 radical (unpaired) electrons. The summed E-state index contributed by atoms with van der Waals surface area (Å²) in [5.41, 5.74) is -0.946. The van der Waals surface area contributed by atoms with Gasteiger partial charge < -0.3 is 14.6 Å². The molecular formula is C16H23N3O4. The quantitative estimate of drug-likeness (QED) is 0.846. The predicted octanol–water partition coefficient (Wildman–Crippen LogP) is 0.535. The van der Waals surface area contributed by atoms with Crippen LogP contribution in [0.1, 0.15) is 44.9 Å². The van der Waals surface area contributed by atoms with Crippen molar-refractivity contribution in [3.63, 3.8) is 0 Å². The highest BCUT2D eigenvalue weighted by molar-refractivity contribution is 5.76. The van der Waals surface area contributed by atoms with Gasteiger partial charge in [-0.25, -0.2) is 4.79 Å². The first-order valence-corrected chi connectivity index (χ1v) is 8.29. The van der Waals surface area contributed by atoms with E-state index in [1.807, 2.05) is 0 Å². The Hall–Kier alpha value is -1.89. The molecule has 126 valence electrons. The molecule has 2 heterocycles. The van der Waals surface area contributed by atoms with Crippen LogP contribution in [0.2, 0.25) is 0 Å². The van der Waals surface area contributed by atoms with Gasteiger partial charge in [0.1, 0.15) is 0 Å². The van der Waals surface area contributed by atoms with Gasteiger partial charge in [-0.05, 0) is 19.3 Å². The SMILES string of the molecule is O=C(CCn1ccc(=O)[nH]c1=O)NC1COC2(CCCCC2)C1. The molecule has 2 fully saturated rings. The van der Waals surface area contributed by atoms with Crippen LogP contribution in [0.25, 0.3) is 0 Å². The van der Waals surface area contributed by atoms with E-state index in [1.165, 1.54) is 36.1 Å². The molecule has 2 aliphatic rings. The molecule has 1 aliphatic carbocycles. The van der Waals surface area contributed by atoms with Crippen molar-refractivity contribution in [3.8, 4) is 0 Å². The molecule has 1 amide bonds. The number of nitrogens with zero attached hydrogens (tertiary/aromatic N) is 1. The lowest BCUT2D eigenvalue weighted by molar-refractivity contribution is -0.122. The Morgan fingerprint density at radius 1 is 1.35 bits per heavy atom. The van der Waals surface area contributed by atoms with Crippen LogP contribution in [0.5, 0.6) is 0 Å². The number of rotatable bonds is 4. The van der Waals surface area contributed by atoms with E-state index in [9.17, 15) is 14.4 Å². The molecule has 1 saturated carbocycles. The monoisotopic (exact) mass is 321 g/mol. The minimum absolute atomic E-state index is 0.0218. The fourth-order valence-electron chi connectivity index (χ4n) is 3.62. The second-order valence-electron chi connectivity index (χ2n) is 6.58. The first-order valence-electron chi connectivity index (χ1n) is 8.29. The van der Waals surface area contributed by atoms with Gasteiger partial charge in [-0.2, -0.15) is 0 Å². The van der Waals surface area contributed by atoms with Gasteiger partial charge in [-0.1, -0.05) is 19.3 Å². The van der Waals surface area contributed by atoms with Gasteiger partial charge in [-0.15, -0.1) is 0 Å². The lowest BCUT2D eigenvalue weighted by Gasteiger charge is -2.32.